The molecule has 0 saturated heterocycles. The zero-order chi connectivity index (χ0) is 21.3. The Labute approximate surface area is 183 Å². The van der Waals surface area contributed by atoms with Gasteiger partial charge in [-0.05, 0) is 42.7 Å². The number of carbonyl (C=O) groups is 2. The van der Waals surface area contributed by atoms with Gasteiger partial charge in [0, 0.05) is 23.6 Å². The molecule has 3 rings (SSSR count). The molecule has 0 aromatic heterocycles. The molecule has 0 saturated carbocycles. The minimum absolute atomic E-state index is 0.0584. The van der Waals surface area contributed by atoms with E-state index in [0.29, 0.717) is 23.5 Å². The molecule has 2 aromatic carbocycles. The molecule has 1 aliphatic rings. The number of thioether (sulfide) groups is 1. The van der Waals surface area contributed by atoms with Crippen LogP contribution >= 0.6 is 11.8 Å². The highest BCUT2D eigenvalue weighted by Gasteiger charge is 2.26. The van der Waals surface area contributed by atoms with Gasteiger partial charge in [-0.15, -0.1) is 0 Å². The lowest BCUT2D eigenvalue weighted by molar-refractivity contribution is -0.116. The van der Waals surface area contributed by atoms with Gasteiger partial charge in [-0.2, -0.15) is 11.8 Å². The maximum Gasteiger partial charge on any atom is 0.251 e. The van der Waals surface area contributed by atoms with E-state index < -0.39 is 0 Å². The van der Waals surface area contributed by atoms with Crippen LogP contribution < -0.4 is 16.0 Å². The number of aryl methyl sites for hydroxylation is 1. The Bertz CT molecular complexity index is 885. The monoisotopic (exact) mass is 425 g/mol. The van der Waals surface area contributed by atoms with Crippen LogP contribution in [0.5, 0.6) is 0 Å². The third-order valence-electron chi connectivity index (χ3n) is 5.31. The van der Waals surface area contributed by atoms with Crippen molar-refractivity contribution in [3.63, 3.8) is 0 Å². The van der Waals surface area contributed by atoms with Crippen LogP contribution in [0.15, 0.2) is 42.5 Å². The number of fused-ring (bicyclic) bond motifs is 1. The largest absolute Gasteiger partial charge is 0.371 e. The van der Waals surface area contributed by atoms with Crippen molar-refractivity contribution in [3.8, 4) is 0 Å². The van der Waals surface area contributed by atoms with E-state index in [1.807, 2.05) is 24.3 Å². The summed E-state index contributed by atoms with van der Waals surface area (Å²) in [6, 6.07) is 13.5. The van der Waals surface area contributed by atoms with Crippen LogP contribution in [0.25, 0.3) is 0 Å². The van der Waals surface area contributed by atoms with Crippen LogP contribution in [-0.2, 0) is 10.5 Å². The van der Waals surface area contributed by atoms with E-state index in [1.54, 1.807) is 17.8 Å². The Hall–Kier alpha value is -2.47. The highest BCUT2D eigenvalue weighted by Crippen LogP contribution is 2.29. The van der Waals surface area contributed by atoms with Crippen LogP contribution in [-0.4, -0.2) is 30.2 Å². The fourth-order valence-electron chi connectivity index (χ4n) is 3.42. The highest BCUT2D eigenvalue weighted by atomic mass is 32.2. The molecule has 0 fully saturated rings. The summed E-state index contributed by atoms with van der Waals surface area (Å²) in [5.41, 5.74) is 4.66. The maximum absolute atomic E-state index is 12.5. The second kappa shape index (κ2) is 11.1. The molecule has 160 valence electrons. The molecule has 0 radical (unpaired) electrons. The smallest absolute Gasteiger partial charge is 0.251 e. The van der Waals surface area contributed by atoms with Crippen LogP contribution in [0.1, 0.15) is 54.1 Å². The molecular weight excluding hydrogens is 394 g/mol. The number of benzene rings is 2. The number of nitrogens with one attached hydrogen (secondary N) is 3. The van der Waals surface area contributed by atoms with Gasteiger partial charge >= 0.3 is 0 Å². The number of carbonyl (C=O) groups excluding carboxylic acids is 2. The Morgan fingerprint density at radius 1 is 1.10 bits per heavy atom. The lowest BCUT2D eigenvalue weighted by atomic mass is 10.1. The predicted molar refractivity (Wildman–Crippen MR) is 126 cm³/mol. The SMILES string of the molecule is CCCCCCNC(=O)c1ccc2c(c1)NC(=O)[C@@H](CSCc1ccccc1C)N2. The molecule has 0 spiro atoms. The van der Waals surface area contributed by atoms with Gasteiger partial charge in [-0.25, -0.2) is 0 Å². The van der Waals surface area contributed by atoms with Gasteiger partial charge < -0.3 is 16.0 Å². The highest BCUT2D eigenvalue weighted by molar-refractivity contribution is 7.98. The third-order valence-corrected chi connectivity index (χ3v) is 6.39. The average molecular weight is 426 g/mol. The first-order valence-electron chi connectivity index (χ1n) is 10.7. The Morgan fingerprint density at radius 2 is 1.93 bits per heavy atom. The molecule has 2 amide bonds. The van der Waals surface area contributed by atoms with Gasteiger partial charge in [0.2, 0.25) is 5.91 Å². The van der Waals surface area contributed by atoms with Crippen molar-refractivity contribution in [2.45, 2.75) is 51.3 Å². The van der Waals surface area contributed by atoms with E-state index in [4.69, 9.17) is 0 Å². The molecule has 3 N–H and O–H groups in total. The molecule has 1 heterocycles. The third kappa shape index (κ3) is 6.02. The fraction of sp³-hybridized carbons (Fsp3) is 0.417. The van der Waals surface area contributed by atoms with Gasteiger partial charge in [-0.1, -0.05) is 50.5 Å². The molecule has 5 nitrogen and oxygen atoms in total. The van der Waals surface area contributed by atoms with Crippen molar-refractivity contribution in [2.24, 2.45) is 0 Å². The van der Waals surface area contributed by atoms with E-state index in [2.05, 4.69) is 41.9 Å². The number of unbranched alkanes of at least 4 members (excludes halogenated alkanes) is 3. The van der Waals surface area contributed by atoms with Crippen molar-refractivity contribution in [2.75, 3.05) is 22.9 Å². The lowest BCUT2D eigenvalue weighted by Gasteiger charge is -2.27. The molecular formula is C24H31N3O2S. The van der Waals surface area contributed by atoms with Gasteiger partial charge in [-0.3, -0.25) is 9.59 Å². The first kappa shape index (κ1) is 22.2. The minimum atomic E-state index is -0.287. The first-order chi connectivity index (χ1) is 14.6. The first-order valence-corrected chi connectivity index (χ1v) is 11.9. The quantitative estimate of drug-likeness (QED) is 0.470. The fourth-order valence-corrected chi connectivity index (χ4v) is 4.55. The van der Waals surface area contributed by atoms with Gasteiger partial charge in [0.15, 0.2) is 0 Å². The molecule has 6 heteroatoms. The van der Waals surface area contributed by atoms with Crippen LogP contribution in [0, 0.1) is 6.92 Å². The topological polar surface area (TPSA) is 70.2 Å². The predicted octanol–water partition coefficient (Wildman–Crippen LogP) is 4.97. The van der Waals surface area contributed by atoms with E-state index >= 15 is 0 Å². The Morgan fingerprint density at radius 3 is 2.73 bits per heavy atom. The van der Waals surface area contributed by atoms with Crippen molar-refractivity contribution in [3.05, 3.63) is 59.2 Å². The zero-order valence-corrected chi connectivity index (χ0v) is 18.6. The normalized spacial score (nSPS) is 15.1. The number of hydrogen-bond donors (Lipinski definition) is 3. The van der Waals surface area contributed by atoms with E-state index in [-0.39, 0.29) is 17.9 Å². The van der Waals surface area contributed by atoms with Gasteiger partial charge in [0.1, 0.15) is 6.04 Å². The Balaban J connectivity index is 1.52. The number of anilines is 2. The summed E-state index contributed by atoms with van der Waals surface area (Å²) >= 11 is 1.74. The molecule has 0 bridgehead atoms. The summed E-state index contributed by atoms with van der Waals surface area (Å²) < 4.78 is 0. The summed E-state index contributed by atoms with van der Waals surface area (Å²) in [5.74, 6) is 1.40. The average Bonchev–Trinajstić information content (AvgIpc) is 2.74. The van der Waals surface area contributed by atoms with Gasteiger partial charge in [0.25, 0.3) is 5.91 Å². The minimum Gasteiger partial charge on any atom is -0.371 e. The summed E-state index contributed by atoms with van der Waals surface area (Å²) in [5, 5.41) is 9.23. The second-order valence-corrected chi connectivity index (χ2v) is 8.73. The molecule has 1 aliphatic heterocycles. The Kier molecular flexibility index (Phi) is 8.20. The number of rotatable bonds is 10. The molecule has 1 atom stereocenters. The summed E-state index contributed by atoms with van der Waals surface area (Å²) in [7, 11) is 0. The molecule has 0 unspecified atom stereocenters. The maximum atomic E-state index is 12.5. The van der Waals surface area contributed by atoms with Gasteiger partial charge in [0.05, 0.1) is 11.4 Å². The van der Waals surface area contributed by atoms with Crippen LogP contribution in [0.3, 0.4) is 0 Å². The summed E-state index contributed by atoms with van der Waals surface area (Å²) in [4.78, 5) is 24.9. The van der Waals surface area contributed by atoms with Crippen LogP contribution in [0.2, 0.25) is 0 Å². The second-order valence-electron chi connectivity index (χ2n) is 7.70. The number of amides is 2. The lowest BCUT2D eigenvalue weighted by Crippen LogP contribution is -2.40. The molecule has 30 heavy (non-hydrogen) atoms. The van der Waals surface area contributed by atoms with E-state index in [1.165, 1.54) is 24.0 Å². The summed E-state index contributed by atoms with van der Waals surface area (Å²) in [6.45, 7) is 4.96. The van der Waals surface area contributed by atoms with E-state index in [9.17, 15) is 9.59 Å². The van der Waals surface area contributed by atoms with E-state index in [0.717, 1.165) is 24.3 Å². The zero-order valence-electron chi connectivity index (χ0n) is 17.8. The number of hydrogen-bond acceptors (Lipinski definition) is 4. The van der Waals surface area contributed by atoms with Crippen molar-refractivity contribution < 1.29 is 9.59 Å². The van der Waals surface area contributed by atoms with Crippen molar-refractivity contribution >= 4 is 35.0 Å². The van der Waals surface area contributed by atoms with Crippen LogP contribution in [0.4, 0.5) is 11.4 Å². The molecule has 2 aromatic rings. The van der Waals surface area contributed by atoms with Crippen molar-refractivity contribution in [1.82, 2.24) is 5.32 Å². The molecule has 0 aliphatic carbocycles. The summed E-state index contributed by atoms with van der Waals surface area (Å²) in [6.07, 6.45) is 4.49. The van der Waals surface area contributed by atoms with Crippen molar-refractivity contribution in [1.29, 1.82) is 0 Å². The standard InChI is InChI=1S/C24H31N3O2S/c1-3-4-5-8-13-25-23(28)18-11-12-20-21(14-18)27-24(29)22(26-20)16-30-15-19-10-7-6-9-17(19)2/h6-7,9-12,14,22,26H,3-5,8,13,15-16H2,1-2H3,(H,25,28)(H,27,29)/t22-/m1/s1.